The van der Waals surface area contributed by atoms with Gasteiger partial charge in [0, 0.05) is 12.7 Å². The first-order chi connectivity index (χ1) is 8.77. The van der Waals surface area contributed by atoms with Crippen LogP contribution in [0.1, 0.15) is 25.8 Å². The molecule has 4 heteroatoms. The molecule has 1 aromatic rings. The van der Waals surface area contributed by atoms with Crippen LogP contribution in [0.5, 0.6) is 0 Å². The summed E-state index contributed by atoms with van der Waals surface area (Å²) in [5, 5.41) is 0. The van der Waals surface area contributed by atoms with E-state index < -0.39 is 10.0 Å². The summed E-state index contributed by atoms with van der Waals surface area (Å²) in [6.45, 7) is 6.89. The van der Waals surface area contributed by atoms with Crippen LogP contribution in [0.3, 0.4) is 0 Å². The summed E-state index contributed by atoms with van der Waals surface area (Å²) in [6, 6.07) is 7.04. The number of nitrogens with zero attached hydrogens (tertiary/aromatic N) is 1. The first-order valence-corrected chi connectivity index (χ1v) is 7.99. The van der Waals surface area contributed by atoms with Gasteiger partial charge in [0.15, 0.2) is 0 Å². The van der Waals surface area contributed by atoms with E-state index in [1.807, 2.05) is 25.1 Å². The first kappa shape index (κ1) is 12.7. The summed E-state index contributed by atoms with van der Waals surface area (Å²) < 4.78 is 26.7. The van der Waals surface area contributed by atoms with E-state index in [-0.39, 0.29) is 10.8 Å². The maximum atomic E-state index is 12.6. The molecule has 0 N–H and O–H groups in total. The highest BCUT2D eigenvalue weighted by molar-refractivity contribution is 7.89. The normalized spacial score (nSPS) is 33.1. The number of fused-ring (bicyclic) bond motifs is 1. The quantitative estimate of drug-likeness (QED) is 0.833. The summed E-state index contributed by atoms with van der Waals surface area (Å²) in [6.07, 6.45) is 4.85. The van der Waals surface area contributed by atoms with Crippen molar-refractivity contribution in [3.8, 4) is 0 Å². The molecule has 3 nitrogen and oxygen atoms in total. The lowest BCUT2D eigenvalue weighted by molar-refractivity contribution is 0.338. The molecule has 2 atom stereocenters. The average Bonchev–Trinajstić information content (AvgIpc) is 2.91. The van der Waals surface area contributed by atoms with Gasteiger partial charge in [0.25, 0.3) is 10.0 Å². The zero-order valence-corrected chi connectivity index (χ0v) is 12.4. The van der Waals surface area contributed by atoms with Gasteiger partial charge in [0.2, 0.25) is 0 Å². The Hall–Kier alpha value is -1.29. The summed E-state index contributed by atoms with van der Waals surface area (Å²) in [7, 11) is -3.40. The highest BCUT2D eigenvalue weighted by Gasteiger charge is 2.62. The fourth-order valence-corrected chi connectivity index (χ4v) is 4.34. The van der Waals surface area contributed by atoms with E-state index in [9.17, 15) is 8.42 Å². The van der Waals surface area contributed by atoms with Crippen molar-refractivity contribution in [3.63, 3.8) is 0 Å². The van der Waals surface area contributed by atoms with Crippen molar-refractivity contribution in [2.24, 2.45) is 10.8 Å². The predicted octanol–water partition coefficient (Wildman–Crippen LogP) is 2.93. The van der Waals surface area contributed by atoms with Crippen molar-refractivity contribution in [1.82, 2.24) is 4.31 Å². The number of rotatable bonds is 2. The molecule has 0 spiro atoms. The van der Waals surface area contributed by atoms with Crippen LogP contribution in [-0.4, -0.2) is 19.3 Å². The maximum Gasteiger partial charge on any atom is 0.263 e. The third-order valence-electron chi connectivity index (χ3n) is 4.75. The van der Waals surface area contributed by atoms with Gasteiger partial charge in [-0.1, -0.05) is 37.6 Å². The van der Waals surface area contributed by atoms with E-state index in [0.29, 0.717) is 11.4 Å². The second-order valence-corrected chi connectivity index (χ2v) is 8.22. The standard InChI is InChI=1S/C15H19NO2S/c1-12-4-6-13(7-5-12)19(17,18)16-9-8-14(2)10-15(14,3)11-16/h4-9H,10-11H2,1-3H3/t14-,15-/m1/s1. The smallest absolute Gasteiger partial charge is 0.263 e. The molecule has 0 saturated heterocycles. The Morgan fingerprint density at radius 1 is 1.16 bits per heavy atom. The van der Waals surface area contributed by atoms with E-state index in [2.05, 4.69) is 13.8 Å². The third kappa shape index (κ3) is 1.81. The van der Waals surface area contributed by atoms with E-state index >= 15 is 0 Å². The molecule has 3 rings (SSSR count). The van der Waals surface area contributed by atoms with Gasteiger partial charge in [-0.25, -0.2) is 8.42 Å². The molecule has 0 bridgehead atoms. The van der Waals surface area contributed by atoms with E-state index in [4.69, 9.17) is 0 Å². The van der Waals surface area contributed by atoms with Crippen LogP contribution in [0.25, 0.3) is 0 Å². The van der Waals surface area contributed by atoms with Gasteiger partial charge in [0.05, 0.1) is 4.90 Å². The minimum atomic E-state index is -3.40. The van der Waals surface area contributed by atoms with Gasteiger partial charge >= 0.3 is 0 Å². The van der Waals surface area contributed by atoms with Gasteiger partial charge in [-0.15, -0.1) is 0 Å². The van der Waals surface area contributed by atoms with Crippen LogP contribution in [0, 0.1) is 17.8 Å². The van der Waals surface area contributed by atoms with Crippen LogP contribution in [0.2, 0.25) is 0 Å². The zero-order valence-electron chi connectivity index (χ0n) is 11.6. The number of aryl methyl sites for hydroxylation is 1. The van der Waals surface area contributed by atoms with Crippen molar-refractivity contribution in [2.45, 2.75) is 32.1 Å². The van der Waals surface area contributed by atoms with Crippen LogP contribution >= 0.6 is 0 Å². The Kier molecular flexibility index (Phi) is 2.43. The Labute approximate surface area is 115 Å². The molecular formula is C15H19NO2S. The second-order valence-electron chi connectivity index (χ2n) is 6.33. The summed E-state index contributed by atoms with van der Waals surface area (Å²) in [5.74, 6) is 0. The van der Waals surface area contributed by atoms with Crippen LogP contribution < -0.4 is 0 Å². The Bertz CT molecular complexity index is 647. The van der Waals surface area contributed by atoms with E-state index in [1.165, 1.54) is 4.31 Å². The predicted molar refractivity (Wildman–Crippen MR) is 75.0 cm³/mol. The molecule has 0 radical (unpaired) electrons. The van der Waals surface area contributed by atoms with Crippen molar-refractivity contribution >= 4 is 10.0 Å². The lowest BCUT2D eigenvalue weighted by Crippen LogP contribution is -2.35. The molecule has 102 valence electrons. The van der Waals surface area contributed by atoms with E-state index in [0.717, 1.165) is 12.0 Å². The molecule has 19 heavy (non-hydrogen) atoms. The van der Waals surface area contributed by atoms with Crippen LogP contribution in [0.15, 0.2) is 41.4 Å². The molecule has 2 aliphatic rings. The number of sulfonamides is 1. The van der Waals surface area contributed by atoms with Gasteiger partial charge in [0.1, 0.15) is 0 Å². The molecule has 1 saturated carbocycles. The highest BCUT2D eigenvalue weighted by atomic mass is 32.2. The maximum absolute atomic E-state index is 12.6. The second kappa shape index (κ2) is 3.63. The van der Waals surface area contributed by atoms with Crippen LogP contribution in [-0.2, 0) is 10.0 Å². The lowest BCUT2D eigenvalue weighted by Gasteiger charge is -2.30. The fourth-order valence-electron chi connectivity index (χ4n) is 2.92. The van der Waals surface area contributed by atoms with Gasteiger partial charge in [-0.3, -0.25) is 4.31 Å². The van der Waals surface area contributed by atoms with Gasteiger partial charge in [-0.05, 0) is 36.3 Å². The molecule has 0 aromatic heterocycles. The number of hydrogen-bond acceptors (Lipinski definition) is 2. The van der Waals surface area contributed by atoms with Crippen LogP contribution in [0.4, 0.5) is 0 Å². The molecule has 1 aliphatic heterocycles. The molecule has 1 aromatic carbocycles. The number of hydrogen-bond donors (Lipinski definition) is 0. The fraction of sp³-hybridized carbons (Fsp3) is 0.467. The number of benzene rings is 1. The topological polar surface area (TPSA) is 37.4 Å². The van der Waals surface area contributed by atoms with E-state index in [1.54, 1.807) is 18.3 Å². The van der Waals surface area contributed by atoms with Crippen molar-refractivity contribution < 1.29 is 8.42 Å². The lowest BCUT2D eigenvalue weighted by atomic mass is 9.94. The van der Waals surface area contributed by atoms with Gasteiger partial charge < -0.3 is 0 Å². The summed E-state index contributed by atoms with van der Waals surface area (Å²) in [5.41, 5.74) is 1.35. The molecule has 0 amide bonds. The summed E-state index contributed by atoms with van der Waals surface area (Å²) in [4.78, 5) is 0.371. The Balaban J connectivity index is 1.94. The average molecular weight is 277 g/mol. The minimum absolute atomic E-state index is 0.0967. The molecular weight excluding hydrogens is 258 g/mol. The largest absolute Gasteiger partial charge is 0.273 e. The van der Waals surface area contributed by atoms with Crippen molar-refractivity contribution in [3.05, 3.63) is 42.1 Å². The molecule has 1 fully saturated rings. The SMILES string of the molecule is Cc1ccc(S(=O)(=O)N2C=C[C@]3(C)C[C@]3(C)C2)cc1. The van der Waals surface area contributed by atoms with Crippen molar-refractivity contribution in [1.29, 1.82) is 0 Å². The Morgan fingerprint density at radius 3 is 2.37 bits per heavy atom. The summed E-state index contributed by atoms with van der Waals surface area (Å²) >= 11 is 0. The zero-order chi connectivity index (χ0) is 13.9. The van der Waals surface area contributed by atoms with Gasteiger partial charge in [-0.2, -0.15) is 0 Å². The Morgan fingerprint density at radius 2 is 1.79 bits per heavy atom. The minimum Gasteiger partial charge on any atom is -0.273 e. The number of allylic oxidation sites excluding steroid dienone is 1. The first-order valence-electron chi connectivity index (χ1n) is 6.55. The molecule has 1 aliphatic carbocycles. The van der Waals surface area contributed by atoms with Crippen molar-refractivity contribution in [2.75, 3.05) is 6.54 Å². The highest BCUT2D eigenvalue weighted by Crippen LogP contribution is 2.66. The third-order valence-corrected chi connectivity index (χ3v) is 6.49. The monoisotopic (exact) mass is 277 g/mol. The molecule has 1 heterocycles. The molecule has 0 unspecified atom stereocenters.